The highest BCUT2D eigenvalue weighted by Gasteiger charge is 2.30. The molecule has 0 bridgehead atoms. The molecular formula is C22H23FN2O5. The molecule has 1 unspecified atom stereocenters. The molecule has 0 fully saturated rings. The summed E-state index contributed by atoms with van der Waals surface area (Å²) in [5.74, 6) is -1.04. The Balaban J connectivity index is 1.94. The number of carbonyl (C=O) groups is 2. The Morgan fingerprint density at radius 2 is 2.13 bits per heavy atom. The minimum absolute atomic E-state index is 0.0315. The van der Waals surface area contributed by atoms with Crippen LogP contribution in [0.25, 0.3) is 16.5 Å². The molecule has 158 valence electrons. The van der Waals surface area contributed by atoms with Crippen molar-refractivity contribution in [2.45, 2.75) is 33.2 Å². The fourth-order valence-electron chi connectivity index (χ4n) is 4.06. The summed E-state index contributed by atoms with van der Waals surface area (Å²) in [5, 5.41) is 0.0881. The number of hydrogen-bond acceptors (Lipinski definition) is 5. The average molecular weight is 414 g/mol. The lowest BCUT2D eigenvalue weighted by atomic mass is 9.94. The Bertz CT molecular complexity index is 1150. The molecule has 0 aliphatic carbocycles. The van der Waals surface area contributed by atoms with Gasteiger partial charge in [0, 0.05) is 26.2 Å². The SMILES string of the molecule is CCOC(=O)c1cn2c3c(c(C4=CCN(C(C)=O)CC4)c(F)cc3c1=O)OCC2C. The monoisotopic (exact) mass is 414 g/mol. The topological polar surface area (TPSA) is 77.8 Å². The van der Waals surface area contributed by atoms with Gasteiger partial charge in [-0.15, -0.1) is 0 Å². The Kier molecular flexibility index (Phi) is 5.09. The Morgan fingerprint density at radius 1 is 1.37 bits per heavy atom. The maximum absolute atomic E-state index is 15.3. The first-order valence-electron chi connectivity index (χ1n) is 9.99. The molecule has 30 heavy (non-hydrogen) atoms. The Morgan fingerprint density at radius 3 is 2.77 bits per heavy atom. The number of rotatable bonds is 3. The minimum atomic E-state index is -0.725. The lowest BCUT2D eigenvalue weighted by molar-refractivity contribution is -0.128. The highest BCUT2D eigenvalue weighted by atomic mass is 19.1. The molecule has 2 aliphatic heterocycles. The molecule has 0 N–H and O–H groups in total. The van der Waals surface area contributed by atoms with E-state index in [1.54, 1.807) is 16.4 Å². The first-order valence-corrected chi connectivity index (χ1v) is 9.99. The van der Waals surface area contributed by atoms with E-state index in [1.807, 2.05) is 13.0 Å². The number of pyridine rings is 1. The first kappa shape index (κ1) is 20.1. The van der Waals surface area contributed by atoms with Crippen LogP contribution in [0.4, 0.5) is 4.39 Å². The Hall–Kier alpha value is -3.16. The number of ether oxygens (including phenoxy) is 2. The van der Waals surface area contributed by atoms with Crippen molar-refractivity contribution in [3.63, 3.8) is 0 Å². The molecule has 0 radical (unpaired) electrons. The van der Waals surface area contributed by atoms with E-state index in [0.717, 1.165) is 5.57 Å². The van der Waals surface area contributed by atoms with Crippen LogP contribution in [0.5, 0.6) is 5.75 Å². The fraction of sp³-hybridized carbons (Fsp3) is 0.409. The highest BCUT2D eigenvalue weighted by Crippen LogP contribution is 2.41. The largest absolute Gasteiger partial charge is 0.488 e. The maximum atomic E-state index is 15.3. The van der Waals surface area contributed by atoms with E-state index >= 15 is 4.39 Å². The standard InChI is InChI=1S/C22H23FN2O5/c1-4-29-22(28)16-10-25-12(2)11-30-21-18(14-5-7-24(8-6-14)13(3)26)17(23)9-15(19(21)25)20(16)27/h5,9-10,12H,4,6-8,11H2,1-3H3. The third-order valence-corrected chi connectivity index (χ3v) is 5.64. The number of esters is 1. The molecule has 2 aromatic rings. The molecule has 0 spiro atoms. The van der Waals surface area contributed by atoms with Crippen LogP contribution >= 0.6 is 0 Å². The summed E-state index contributed by atoms with van der Waals surface area (Å²) in [6, 6.07) is 1.02. The Labute approximate surface area is 172 Å². The zero-order valence-electron chi connectivity index (χ0n) is 17.2. The van der Waals surface area contributed by atoms with Gasteiger partial charge in [-0.3, -0.25) is 9.59 Å². The fourth-order valence-corrected chi connectivity index (χ4v) is 4.06. The molecule has 3 heterocycles. The zero-order valence-corrected chi connectivity index (χ0v) is 17.2. The van der Waals surface area contributed by atoms with Gasteiger partial charge in [0.1, 0.15) is 18.0 Å². The van der Waals surface area contributed by atoms with Crippen LogP contribution in [0.1, 0.15) is 49.2 Å². The summed E-state index contributed by atoms with van der Waals surface area (Å²) < 4.78 is 28.0. The molecule has 1 aromatic heterocycles. The van der Waals surface area contributed by atoms with Gasteiger partial charge in [0.25, 0.3) is 0 Å². The summed E-state index contributed by atoms with van der Waals surface area (Å²) in [5.41, 5.74) is 0.826. The van der Waals surface area contributed by atoms with Crippen molar-refractivity contribution in [3.8, 4) is 5.75 Å². The van der Waals surface area contributed by atoms with Gasteiger partial charge >= 0.3 is 5.97 Å². The average Bonchev–Trinajstić information content (AvgIpc) is 2.72. The second-order valence-corrected chi connectivity index (χ2v) is 7.56. The van der Waals surface area contributed by atoms with Crippen molar-refractivity contribution in [1.82, 2.24) is 9.47 Å². The van der Waals surface area contributed by atoms with Crippen LogP contribution in [-0.4, -0.2) is 47.6 Å². The van der Waals surface area contributed by atoms with Crippen LogP contribution in [0, 0.1) is 5.82 Å². The van der Waals surface area contributed by atoms with Crippen molar-refractivity contribution >= 4 is 28.4 Å². The third kappa shape index (κ3) is 3.16. The van der Waals surface area contributed by atoms with Gasteiger partial charge in [-0.1, -0.05) is 6.08 Å². The number of nitrogens with zero attached hydrogens (tertiary/aromatic N) is 2. The number of carbonyl (C=O) groups excluding carboxylic acids is 2. The van der Waals surface area contributed by atoms with Crippen LogP contribution in [0.3, 0.4) is 0 Å². The lowest BCUT2D eigenvalue weighted by Gasteiger charge is -2.31. The smallest absolute Gasteiger partial charge is 0.343 e. The van der Waals surface area contributed by atoms with Gasteiger partial charge < -0.3 is 18.9 Å². The third-order valence-electron chi connectivity index (χ3n) is 5.64. The molecule has 8 heteroatoms. The van der Waals surface area contributed by atoms with Crippen LogP contribution in [-0.2, 0) is 9.53 Å². The predicted octanol–water partition coefficient (Wildman–Crippen LogP) is 2.91. The number of halogens is 1. The van der Waals surface area contributed by atoms with Crippen molar-refractivity contribution in [3.05, 3.63) is 45.5 Å². The van der Waals surface area contributed by atoms with E-state index < -0.39 is 17.2 Å². The van der Waals surface area contributed by atoms with Crippen molar-refractivity contribution in [1.29, 1.82) is 0 Å². The molecule has 4 rings (SSSR count). The molecular weight excluding hydrogens is 391 g/mol. The number of hydrogen-bond donors (Lipinski definition) is 0. The minimum Gasteiger partial charge on any atom is -0.488 e. The summed E-state index contributed by atoms with van der Waals surface area (Å²) in [6.45, 7) is 6.36. The van der Waals surface area contributed by atoms with Crippen LogP contribution in [0.2, 0.25) is 0 Å². The molecule has 7 nitrogen and oxygen atoms in total. The summed E-state index contributed by atoms with van der Waals surface area (Å²) in [7, 11) is 0. The molecule has 0 saturated carbocycles. The van der Waals surface area contributed by atoms with Crippen molar-refractivity contribution in [2.75, 3.05) is 26.3 Å². The van der Waals surface area contributed by atoms with Gasteiger partial charge in [0.2, 0.25) is 11.3 Å². The van der Waals surface area contributed by atoms with Crippen LogP contribution < -0.4 is 10.2 Å². The molecule has 0 saturated heterocycles. The van der Waals surface area contributed by atoms with E-state index in [9.17, 15) is 14.4 Å². The van der Waals surface area contributed by atoms with Gasteiger partial charge in [0.05, 0.1) is 29.1 Å². The van der Waals surface area contributed by atoms with E-state index in [1.165, 1.54) is 19.2 Å². The van der Waals surface area contributed by atoms with Crippen molar-refractivity contribution < 1.29 is 23.5 Å². The van der Waals surface area contributed by atoms with Crippen LogP contribution in [0.15, 0.2) is 23.1 Å². The number of aromatic nitrogens is 1. The molecule has 1 amide bonds. The van der Waals surface area contributed by atoms with Crippen molar-refractivity contribution in [2.24, 2.45) is 0 Å². The predicted molar refractivity (Wildman–Crippen MR) is 109 cm³/mol. The van der Waals surface area contributed by atoms with Gasteiger partial charge in [0.15, 0.2) is 5.75 Å². The van der Waals surface area contributed by atoms with E-state index in [4.69, 9.17) is 9.47 Å². The maximum Gasteiger partial charge on any atom is 0.343 e. The zero-order chi connectivity index (χ0) is 21.6. The molecule has 1 atom stereocenters. The number of amides is 1. The molecule has 2 aliphatic rings. The normalized spacial score (nSPS) is 18.1. The van der Waals surface area contributed by atoms with E-state index in [2.05, 4.69) is 0 Å². The van der Waals surface area contributed by atoms with Gasteiger partial charge in [-0.05, 0) is 31.9 Å². The second-order valence-electron chi connectivity index (χ2n) is 7.56. The quantitative estimate of drug-likeness (QED) is 0.722. The summed E-state index contributed by atoms with van der Waals surface area (Å²) in [4.78, 5) is 38.5. The lowest BCUT2D eigenvalue weighted by Crippen LogP contribution is -2.33. The molecule has 1 aromatic carbocycles. The van der Waals surface area contributed by atoms with E-state index in [0.29, 0.717) is 36.3 Å². The summed E-state index contributed by atoms with van der Waals surface area (Å²) in [6.07, 6.45) is 3.79. The number of benzene rings is 1. The summed E-state index contributed by atoms with van der Waals surface area (Å²) >= 11 is 0. The second kappa shape index (κ2) is 7.59. The van der Waals surface area contributed by atoms with Gasteiger partial charge in [-0.25, -0.2) is 9.18 Å². The first-order chi connectivity index (χ1) is 14.3. The van der Waals surface area contributed by atoms with E-state index in [-0.39, 0.29) is 36.1 Å². The van der Waals surface area contributed by atoms with Gasteiger partial charge in [-0.2, -0.15) is 0 Å². The highest BCUT2D eigenvalue weighted by molar-refractivity contribution is 5.97.